The minimum atomic E-state index is -4.95. The van der Waals surface area contributed by atoms with E-state index in [9.17, 15) is 43.2 Å². The molecule has 6 atom stereocenters. The number of phosphoric ester groups is 2. The highest BCUT2D eigenvalue weighted by Gasteiger charge is 2.30. The van der Waals surface area contributed by atoms with Gasteiger partial charge in [0.05, 0.1) is 26.4 Å². The van der Waals surface area contributed by atoms with E-state index in [2.05, 4.69) is 41.5 Å². The summed E-state index contributed by atoms with van der Waals surface area (Å²) in [5.41, 5.74) is 0. The van der Waals surface area contributed by atoms with Crippen molar-refractivity contribution in [3.8, 4) is 0 Å². The molecule has 0 fully saturated rings. The molecule has 0 heterocycles. The van der Waals surface area contributed by atoms with Crippen LogP contribution in [0, 0.1) is 11.8 Å². The Labute approximate surface area is 524 Å². The van der Waals surface area contributed by atoms with E-state index >= 15 is 0 Å². The van der Waals surface area contributed by atoms with Crippen molar-refractivity contribution >= 4 is 39.5 Å². The smallest absolute Gasteiger partial charge is 0.462 e. The zero-order valence-corrected chi connectivity index (χ0v) is 57.4. The van der Waals surface area contributed by atoms with Crippen molar-refractivity contribution in [2.45, 2.75) is 355 Å². The highest BCUT2D eigenvalue weighted by molar-refractivity contribution is 7.47. The highest BCUT2D eigenvalue weighted by atomic mass is 31.2. The van der Waals surface area contributed by atoms with Crippen LogP contribution in [0.4, 0.5) is 0 Å². The van der Waals surface area contributed by atoms with Gasteiger partial charge in [-0.25, -0.2) is 9.13 Å². The molecule has 0 saturated heterocycles. The third-order valence-corrected chi connectivity index (χ3v) is 17.7. The van der Waals surface area contributed by atoms with Gasteiger partial charge in [0.2, 0.25) is 0 Å². The number of aliphatic hydroxyl groups is 1. The van der Waals surface area contributed by atoms with Gasteiger partial charge < -0.3 is 33.8 Å². The number of hydrogen-bond acceptors (Lipinski definition) is 15. The molecule has 0 aromatic rings. The Morgan fingerprint density at radius 3 is 0.884 bits per heavy atom. The fraction of sp³-hybridized carbons (Fsp3) is 0.940. The number of carbonyl (C=O) groups excluding carboxylic acids is 4. The molecule has 510 valence electrons. The number of unbranched alkanes of at least 4 members (excludes halogenated alkanes) is 35. The summed E-state index contributed by atoms with van der Waals surface area (Å²) in [7, 11) is -9.88. The molecule has 0 saturated carbocycles. The van der Waals surface area contributed by atoms with Crippen molar-refractivity contribution < 1.29 is 80.2 Å². The molecule has 0 spiro atoms. The van der Waals surface area contributed by atoms with Gasteiger partial charge in [0.25, 0.3) is 0 Å². The minimum Gasteiger partial charge on any atom is -0.462 e. The Hall–Kier alpha value is -1.94. The van der Waals surface area contributed by atoms with Gasteiger partial charge in [0, 0.05) is 25.7 Å². The van der Waals surface area contributed by atoms with E-state index in [1.54, 1.807) is 0 Å². The molecule has 86 heavy (non-hydrogen) atoms. The van der Waals surface area contributed by atoms with E-state index in [0.29, 0.717) is 25.7 Å². The van der Waals surface area contributed by atoms with Crippen LogP contribution >= 0.6 is 15.6 Å². The largest absolute Gasteiger partial charge is 0.472 e. The molecular weight excluding hydrogens is 1140 g/mol. The first-order chi connectivity index (χ1) is 41.4. The lowest BCUT2D eigenvalue weighted by molar-refractivity contribution is -0.161. The predicted molar refractivity (Wildman–Crippen MR) is 345 cm³/mol. The first-order valence-corrected chi connectivity index (χ1v) is 38.0. The zero-order chi connectivity index (χ0) is 63.6. The van der Waals surface area contributed by atoms with E-state index in [0.717, 1.165) is 115 Å². The van der Waals surface area contributed by atoms with Gasteiger partial charge in [-0.05, 0) is 37.5 Å². The van der Waals surface area contributed by atoms with Crippen LogP contribution in [0.15, 0.2) is 0 Å². The van der Waals surface area contributed by atoms with Crippen molar-refractivity contribution in [1.29, 1.82) is 0 Å². The lowest BCUT2D eigenvalue weighted by atomic mass is 10.00. The summed E-state index contributed by atoms with van der Waals surface area (Å²) in [4.78, 5) is 72.0. The Bertz CT molecular complexity index is 1690. The van der Waals surface area contributed by atoms with E-state index in [4.69, 9.17) is 37.0 Å². The molecule has 0 aromatic carbocycles. The predicted octanol–water partition coefficient (Wildman–Crippen LogP) is 18.8. The highest BCUT2D eigenvalue weighted by Crippen LogP contribution is 2.45. The van der Waals surface area contributed by atoms with E-state index < -0.39 is 97.5 Å². The molecule has 19 heteroatoms. The Morgan fingerprint density at radius 2 is 0.593 bits per heavy atom. The number of carbonyl (C=O) groups is 4. The number of ether oxygens (including phenoxy) is 4. The van der Waals surface area contributed by atoms with Gasteiger partial charge in [-0.1, -0.05) is 286 Å². The van der Waals surface area contributed by atoms with Crippen molar-refractivity contribution in [3.63, 3.8) is 0 Å². The SMILES string of the molecule is CCCCCCCCCCCCC(=O)O[C@H](COC(=O)CCCCCCC)COP(=O)(O)OC[C@H](O)COP(=O)(O)OC[C@@H](COC(=O)CCCCCCCCC(C)CC)OC(=O)CCCCCCCCCCCCCCCCCCCCC(C)C. The summed E-state index contributed by atoms with van der Waals surface area (Å²) in [6, 6.07) is 0. The van der Waals surface area contributed by atoms with Crippen LogP contribution < -0.4 is 0 Å². The fourth-order valence-electron chi connectivity index (χ4n) is 10.0. The van der Waals surface area contributed by atoms with Gasteiger partial charge in [0.15, 0.2) is 12.2 Å². The molecule has 0 aliphatic carbocycles. The Kier molecular flexibility index (Phi) is 58.0. The Morgan fingerprint density at radius 1 is 0.337 bits per heavy atom. The fourth-order valence-corrected chi connectivity index (χ4v) is 11.6. The van der Waals surface area contributed by atoms with Crippen molar-refractivity contribution in [2.24, 2.45) is 11.8 Å². The molecular formula is C67H130O17P2. The molecule has 3 N–H and O–H groups in total. The second-order valence-corrected chi connectivity index (χ2v) is 27.8. The van der Waals surface area contributed by atoms with Crippen LogP contribution in [0.3, 0.4) is 0 Å². The lowest BCUT2D eigenvalue weighted by Crippen LogP contribution is -2.30. The third kappa shape index (κ3) is 59.7. The molecule has 3 unspecified atom stereocenters. The molecule has 0 aliphatic rings. The summed E-state index contributed by atoms with van der Waals surface area (Å²) in [6.07, 6.45) is 43.6. The van der Waals surface area contributed by atoms with E-state index in [1.165, 1.54) is 141 Å². The molecule has 0 amide bonds. The lowest BCUT2D eigenvalue weighted by Gasteiger charge is -2.21. The minimum absolute atomic E-state index is 0.105. The third-order valence-electron chi connectivity index (χ3n) is 15.8. The van der Waals surface area contributed by atoms with E-state index in [-0.39, 0.29) is 25.7 Å². The average Bonchev–Trinajstić information content (AvgIpc) is 3.69. The van der Waals surface area contributed by atoms with Gasteiger partial charge in [-0.3, -0.25) is 37.3 Å². The summed E-state index contributed by atoms with van der Waals surface area (Å²) in [6.45, 7) is 9.42. The van der Waals surface area contributed by atoms with Gasteiger partial charge in [-0.2, -0.15) is 0 Å². The van der Waals surface area contributed by atoms with E-state index in [1.807, 2.05) is 0 Å². The van der Waals surface area contributed by atoms with Crippen molar-refractivity contribution in [3.05, 3.63) is 0 Å². The molecule has 0 aliphatic heterocycles. The maximum Gasteiger partial charge on any atom is 0.472 e. The van der Waals surface area contributed by atoms with Crippen LogP contribution in [0.5, 0.6) is 0 Å². The maximum atomic E-state index is 13.0. The average molecular weight is 1270 g/mol. The van der Waals surface area contributed by atoms with Crippen molar-refractivity contribution in [2.75, 3.05) is 39.6 Å². The van der Waals surface area contributed by atoms with Gasteiger partial charge >= 0.3 is 39.5 Å². The summed E-state index contributed by atoms with van der Waals surface area (Å²) in [5, 5.41) is 10.5. The Balaban J connectivity index is 5.08. The van der Waals surface area contributed by atoms with Crippen LogP contribution in [0.2, 0.25) is 0 Å². The summed E-state index contributed by atoms with van der Waals surface area (Å²) >= 11 is 0. The van der Waals surface area contributed by atoms with Gasteiger partial charge in [-0.15, -0.1) is 0 Å². The number of esters is 4. The van der Waals surface area contributed by atoms with Crippen molar-refractivity contribution in [1.82, 2.24) is 0 Å². The van der Waals surface area contributed by atoms with Crippen LogP contribution in [0.25, 0.3) is 0 Å². The van der Waals surface area contributed by atoms with Gasteiger partial charge in [0.1, 0.15) is 19.3 Å². The van der Waals surface area contributed by atoms with Crippen LogP contribution in [0.1, 0.15) is 337 Å². The molecule has 0 radical (unpaired) electrons. The number of phosphoric acid groups is 2. The second-order valence-electron chi connectivity index (χ2n) is 24.9. The standard InChI is InChI=1S/C67H130O17P2/c1-7-10-12-14-15-16-28-31-39-45-51-66(71)83-62(55-77-64(69)49-43-35-13-11-8-2)57-81-85(73,74)79-53-61(68)54-80-86(75,76)82-58-63(56-78-65(70)50-44-38-34-33-37-42-48-60(6)9-3)84-67(72)52-46-40-32-29-26-24-22-20-18-17-19-21-23-25-27-30-36-41-47-59(4)5/h59-63,68H,7-58H2,1-6H3,(H,73,74)(H,75,76)/t60?,61-,62+,63+/m0/s1. The number of aliphatic hydroxyl groups excluding tert-OH is 1. The first-order valence-electron chi connectivity index (χ1n) is 35.0. The number of hydrogen-bond donors (Lipinski definition) is 3. The zero-order valence-electron chi connectivity index (χ0n) is 55.6. The second kappa shape index (κ2) is 59.4. The molecule has 17 nitrogen and oxygen atoms in total. The first kappa shape index (κ1) is 84.1. The topological polar surface area (TPSA) is 237 Å². The molecule has 0 bridgehead atoms. The quantitative estimate of drug-likeness (QED) is 0.0222. The number of rotatable bonds is 66. The van der Waals surface area contributed by atoms with Crippen LogP contribution in [-0.4, -0.2) is 96.7 Å². The molecule has 0 aromatic heterocycles. The summed E-state index contributed by atoms with van der Waals surface area (Å²) in [5.74, 6) is -0.591. The van der Waals surface area contributed by atoms with Crippen LogP contribution in [-0.2, 0) is 65.4 Å². The summed E-state index contributed by atoms with van der Waals surface area (Å²) < 4.78 is 67.9. The normalized spacial score (nSPS) is 14.5. The molecule has 0 rings (SSSR count). The monoisotopic (exact) mass is 1270 g/mol. The maximum absolute atomic E-state index is 13.0.